The van der Waals surface area contributed by atoms with Gasteiger partial charge in [0.15, 0.2) is 0 Å². The first kappa shape index (κ1) is 27.3. The van der Waals surface area contributed by atoms with Crippen molar-refractivity contribution in [3.05, 3.63) is 0 Å². The van der Waals surface area contributed by atoms with Crippen LogP contribution in [0.25, 0.3) is 0 Å². The van der Waals surface area contributed by atoms with E-state index in [1.165, 1.54) is 0 Å². The topological polar surface area (TPSA) is 266 Å². The first-order valence-electron chi connectivity index (χ1n) is 10.1. The lowest BCUT2D eigenvalue weighted by molar-refractivity contribution is -0.144. The maximum atomic E-state index is 12.7. The van der Waals surface area contributed by atoms with E-state index in [-0.39, 0.29) is 12.8 Å². The van der Waals surface area contributed by atoms with E-state index in [1.54, 1.807) is 0 Å². The molecule has 1 aliphatic heterocycles. The largest absolute Gasteiger partial charge is 0.480 e. The molecule has 0 aliphatic carbocycles. The fourth-order valence-electron chi connectivity index (χ4n) is 3.09. The summed E-state index contributed by atoms with van der Waals surface area (Å²) in [7, 11) is 0. The van der Waals surface area contributed by atoms with Gasteiger partial charge in [-0.15, -0.1) is 0 Å². The molecule has 33 heavy (non-hydrogen) atoms. The smallest absolute Gasteiger partial charge is 0.326 e. The first-order valence-corrected chi connectivity index (χ1v) is 10.1. The lowest BCUT2D eigenvalue weighted by Crippen LogP contribution is -2.58. The van der Waals surface area contributed by atoms with Gasteiger partial charge in [0.05, 0.1) is 18.9 Å². The first-order chi connectivity index (χ1) is 15.4. The highest BCUT2D eigenvalue weighted by Crippen LogP contribution is 2.07. The number of nitrogens with one attached hydrogen (secondary N) is 4. The van der Waals surface area contributed by atoms with Crippen molar-refractivity contribution >= 4 is 41.4 Å². The highest BCUT2D eigenvalue weighted by Gasteiger charge is 2.32. The van der Waals surface area contributed by atoms with Gasteiger partial charge in [-0.2, -0.15) is 0 Å². The molecule has 0 spiro atoms. The zero-order valence-electron chi connectivity index (χ0n) is 17.8. The van der Waals surface area contributed by atoms with Crippen LogP contribution < -0.4 is 38.5 Å². The zero-order valence-corrected chi connectivity index (χ0v) is 17.8. The third kappa shape index (κ3) is 9.94. The molecule has 184 valence electrons. The molecule has 0 aromatic rings. The summed E-state index contributed by atoms with van der Waals surface area (Å²) in [5.74, 6) is -6.80. The molecule has 0 radical (unpaired) electrons. The number of hydrogen-bond acceptors (Lipinski definition) is 8. The maximum absolute atomic E-state index is 12.7. The van der Waals surface area contributed by atoms with Crippen molar-refractivity contribution in [2.45, 2.75) is 62.7 Å². The molecule has 6 amide bonds. The number of hydrogen-bond donors (Lipinski definition) is 8. The van der Waals surface area contributed by atoms with Gasteiger partial charge in [-0.05, 0) is 25.8 Å². The van der Waals surface area contributed by atoms with Gasteiger partial charge >= 0.3 is 5.97 Å². The monoisotopic (exact) mass is 471 g/mol. The van der Waals surface area contributed by atoms with Crippen LogP contribution in [-0.4, -0.2) is 77.2 Å². The number of aliphatic carboxylic acids is 1. The predicted octanol–water partition coefficient (Wildman–Crippen LogP) is -4.71. The number of carbonyl (C=O) groups excluding carboxylic acids is 6. The normalized spacial score (nSPS) is 17.8. The molecular formula is C18H29N7O8. The van der Waals surface area contributed by atoms with Gasteiger partial charge in [0.1, 0.15) is 18.1 Å². The van der Waals surface area contributed by atoms with E-state index in [2.05, 4.69) is 16.0 Å². The summed E-state index contributed by atoms with van der Waals surface area (Å²) in [4.78, 5) is 82.5. The fourth-order valence-corrected chi connectivity index (χ4v) is 3.09. The van der Waals surface area contributed by atoms with Gasteiger partial charge in [-0.3, -0.25) is 28.8 Å². The van der Waals surface area contributed by atoms with E-state index < -0.39 is 78.4 Å². The van der Waals surface area contributed by atoms with Gasteiger partial charge in [-0.1, -0.05) is 0 Å². The van der Waals surface area contributed by atoms with E-state index in [0.717, 1.165) is 6.42 Å². The highest BCUT2D eigenvalue weighted by molar-refractivity contribution is 5.96. The number of primary amides is 3. The zero-order chi connectivity index (χ0) is 25.1. The van der Waals surface area contributed by atoms with Crippen LogP contribution in [0.5, 0.6) is 0 Å². The average molecular weight is 471 g/mol. The number of carbonyl (C=O) groups is 7. The molecule has 0 bridgehead atoms. The second-order valence-electron chi connectivity index (χ2n) is 7.52. The Morgan fingerprint density at radius 3 is 1.85 bits per heavy atom. The van der Waals surface area contributed by atoms with E-state index in [4.69, 9.17) is 22.3 Å². The van der Waals surface area contributed by atoms with Crippen molar-refractivity contribution in [3.63, 3.8) is 0 Å². The Bertz CT molecular complexity index is 797. The highest BCUT2D eigenvalue weighted by atomic mass is 16.4. The fraction of sp³-hybridized carbons (Fsp3) is 0.611. The Kier molecular flexibility index (Phi) is 10.7. The molecule has 1 rings (SSSR count). The standard InChI is InChI=1S/C18H29N7O8/c19-12(26)4-3-9(16(30)25-11(18(32)33)7-14(21)28)23-17(31)10(6-13(20)27)24-15(29)8-2-1-5-22-8/h8-11,22H,1-7H2,(H2,19,26)(H2,20,27)(H2,21,28)(H,23,31)(H,24,29)(H,25,30)(H,32,33). The Hall–Kier alpha value is -3.75. The number of nitrogens with two attached hydrogens (primary N) is 3. The van der Waals surface area contributed by atoms with Crippen LogP contribution >= 0.6 is 0 Å². The van der Waals surface area contributed by atoms with Crippen LogP contribution in [0.1, 0.15) is 38.5 Å². The minimum atomic E-state index is -1.68. The Balaban J connectivity index is 2.97. The Labute approximate surface area is 188 Å². The third-order valence-corrected chi connectivity index (χ3v) is 4.75. The number of amides is 6. The van der Waals surface area contributed by atoms with Crippen LogP contribution in [0.2, 0.25) is 0 Å². The molecule has 1 fully saturated rings. The molecule has 0 aromatic heterocycles. The van der Waals surface area contributed by atoms with Crippen LogP contribution in [-0.2, 0) is 33.6 Å². The lowest BCUT2D eigenvalue weighted by Gasteiger charge is -2.24. The third-order valence-electron chi connectivity index (χ3n) is 4.75. The summed E-state index contributed by atoms with van der Waals surface area (Å²) in [6.45, 7) is 0.607. The van der Waals surface area contributed by atoms with E-state index >= 15 is 0 Å². The van der Waals surface area contributed by atoms with Gasteiger partial charge in [0, 0.05) is 6.42 Å². The molecule has 15 nitrogen and oxygen atoms in total. The summed E-state index contributed by atoms with van der Waals surface area (Å²) < 4.78 is 0. The minimum absolute atomic E-state index is 0.322. The second-order valence-corrected chi connectivity index (χ2v) is 7.52. The molecule has 15 heteroatoms. The van der Waals surface area contributed by atoms with Crippen molar-refractivity contribution in [1.29, 1.82) is 0 Å². The summed E-state index contributed by atoms with van der Waals surface area (Å²) in [5, 5.41) is 18.8. The van der Waals surface area contributed by atoms with E-state index in [1.807, 2.05) is 5.32 Å². The molecule has 4 atom stereocenters. The van der Waals surface area contributed by atoms with Gasteiger partial charge in [-0.25, -0.2) is 4.79 Å². The molecule has 1 saturated heterocycles. The number of carboxylic acid groups (broad SMARTS) is 1. The van der Waals surface area contributed by atoms with Crippen molar-refractivity contribution in [2.75, 3.05) is 6.54 Å². The van der Waals surface area contributed by atoms with Gasteiger partial charge in [0.2, 0.25) is 35.4 Å². The van der Waals surface area contributed by atoms with Crippen LogP contribution in [0.15, 0.2) is 0 Å². The van der Waals surface area contributed by atoms with Crippen LogP contribution in [0.4, 0.5) is 0 Å². The summed E-state index contributed by atoms with van der Waals surface area (Å²) >= 11 is 0. The van der Waals surface area contributed by atoms with Gasteiger partial charge < -0.3 is 43.6 Å². The average Bonchev–Trinajstić information content (AvgIpc) is 3.23. The second kappa shape index (κ2) is 12.9. The summed E-state index contributed by atoms with van der Waals surface area (Å²) in [6.07, 6.45) is -0.699. The van der Waals surface area contributed by atoms with E-state index in [0.29, 0.717) is 13.0 Å². The predicted molar refractivity (Wildman–Crippen MR) is 111 cm³/mol. The quantitative estimate of drug-likeness (QED) is 0.121. The van der Waals surface area contributed by atoms with Crippen molar-refractivity contribution in [2.24, 2.45) is 17.2 Å². The van der Waals surface area contributed by atoms with Crippen molar-refractivity contribution in [1.82, 2.24) is 21.3 Å². The van der Waals surface area contributed by atoms with Crippen molar-refractivity contribution in [3.8, 4) is 0 Å². The van der Waals surface area contributed by atoms with Crippen LogP contribution in [0, 0.1) is 0 Å². The molecule has 0 saturated carbocycles. The van der Waals surface area contributed by atoms with E-state index in [9.17, 15) is 33.6 Å². The lowest BCUT2D eigenvalue weighted by atomic mass is 10.1. The molecular weight excluding hydrogens is 442 g/mol. The molecule has 1 heterocycles. The maximum Gasteiger partial charge on any atom is 0.326 e. The van der Waals surface area contributed by atoms with Gasteiger partial charge in [0.25, 0.3) is 0 Å². The SMILES string of the molecule is NC(=O)CCC(NC(=O)C(CC(N)=O)NC(=O)C1CCCN1)C(=O)NC(CC(N)=O)C(=O)O. The van der Waals surface area contributed by atoms with Crippen molar-refractivity contribution < 1.29 is 38.7 Å². The minimum Gasteiger partial charge on any atom is -0.480 e. The number of rotatable bonds is 14. The Morgan fingerprint density at radius 2 is 1.36 bits per heavy atom. The molecule has 0 aromatic carbocycles. The molecule has 11 N–H and O–H groups in total. The molecule has 1 aliphatic rings. The van der Waals surface area contributed by atoms with Crippen LogP contribution in [0.3, 0.4) is 0 Å². The summed E-state index contributed by atoms with van der Waals surface area (Å²) in [5.41, 5.74) is 15.2. The Morgan fingerprint density at radius 1 is 0.818 bits per heavy atom. The number of carboxylic acids is 1. The summed E-state index contributed by atoms with van der Waals surface area (Å²) in [6, 6.07) is -5.15. The molecule has 4 unspecified atom stereocenters.